The first-order valence-corrected chi connectivity index (χ1v) is 8.74. The van der Waals surface area contributed by atoms with Crippen molar-refractivity contribution >= 4 is 22.9 Å². The van der Waals surface area contributed by atoms with E-state index in [4.69, 9.17) is 10.00 Å². The van der Waals surface area contributed by atoms with Gasteiger partial charge in [-0.05, 0) is 30.7 Å². The number of aryl methyl sites for hydroxylation is 1. The molecule has 1 saturated heterocycles. The van der Waals surface area contributed by atoms with Gasteiger partial charge in [-0.1, -0.05) is 6.07 Å². The molecule has 24 heavy (non-hydrogen) atoms. The molecule has 1 aliphatic heterocycles. The van der Waals surface area contributed by atoms with Crippen LogP contribution in [0.5, 0.6) is 0 Å². The van der Waals surface area contributed by atoms with E-state index in [1.165, 1.54) is 0 Å². The number of hydrogen-bond donors (Lipinski definition) is 1. The lowest BCUT2D eigenvalue weighted by atomic mass is 10.1. The number of hydrogen-bond acceptors (Lipinski definition) is 5. The summed E-state index contributed by atoms with van der Waals surface area (Å²) in [7, 11) is 0. The summed E-state index contributed by atoms with van der Waals surface area (Å²) >= 11 is 1.56. The average molecular weight is 341 g/mol. The summed E-state index contributed by atoms with van der Waals surface area (Å²) in [5.41, 5.74) is 3.41. The van der Waals surface area contributed by atoms with Crippen LogP contribution in [0.1, 0.15) is 26.4 Å². The summed E-state index contributed by atoms with van der Waals surface area (Å²) in [6.07, 6.45) is 0. The Balaban J connectivity index is 1.71. The third-order valence-electron chi connectivity index (χ3n) is 4.02. The second-order valence-corrected chi connectivity index (χ2v) is 6.70. The van der Waals surface area contributed by atoms with E-state index in [0.717, 1.165) is 16.1 Å². The number of carbonyl (C=O) groups is 1. The lowest BCUT2D eigenvalue weighted by molar-refractivity contribution is 0.0303. The van der Waals surface area contributed by atoms with Gasteiger partial charge in [-0.2, -0.15) is 5.26 Å². The second-order valence-electron chi connectivity index (χ2n) is 5.70. The number of nitrogens with one attached hydrogen (secondary N) is 1. The van der Waals surface area contributed by atoms with Crippen molar-refractivity contribution in [1.29, 1.82) is 5.26 Å². The highest BCUT2D eigenvalue weighted by molar-refractivity contribution is 7.10. The van der Waals surface area contributed by atoms with Crippen LogP contribution in [-0.4, -0.2) is 37.1 Å². The fourth-order valence-electron chi connectivity index (χ4n) is 2.61. The smallest absolute Gasteiger partial charge is 0.254 e. The highest BCUT2D eigenvalue weighted by Gasteiger charge is 2.19. The van der Waals surface area contributed by atoms with Crippen molar-refractivity contribution in [2.45, 2.75) is 13.5 Å². The van der Waals surface area contributed by atoms with E-state index in [9.17, 15) is 4.79 Å². The fraction of sp³-hybridized carbons (Fsp3) is 0.333. The predicted molar refractivity (Wildman–Crippen MR) is 94.3 cm³/mol. The molecule has 5 nitrogen and oxygen atoms in total. The number of nitriles is 1. The minimum Gasteiger partial charge on any atom is -0.380 e. The molecule has 0 radical (unpaired) electrons. The maximum absolute atomic E-state index is 12.6. The van der Waals surface area contributed by atoms with E-state index in [2.05, 4.69) is 11.4 Å². The molecule has 2 heterocycles. The van der Waals surface area contributed by atoms with Crippen LogP contribution in [0.4, 0.5) is 5.69 Å². The number of morpholine rings is 1. The Kier molecular flexibility index (Phi) is 5.14. The van der Waals surface area contributed by atoms with Gasteiger partial charge in [-0.3, -0.25) is 4.79 Å². The van der Waals surface area contributed by atoms with Crippen LogP contribution in [0, 0.1) is 18.3 Å². The number of anilines is 1. The van der Waals surface area contributed by atoms with Crippen molar-refractivity contribution in [2.75, 3.05) is 31.6 Å². The summed E-state index contributed by atoms with van der Waals surface area (Å²) in [6, 6.07) is 9.77. The average Bonchev–Trinajstić information content (AvgIpc) is 3.09. The number of thiophene rings is 1. The minimum absolute atomic E-state index is 0.0456. The maximum atomic E-state index is 12.6. The van der Waals surface area contributed by atoms with Crippen LogP contribution >= 0.6 is 11.3 Å². The standard InChI is InChI=1S/C18H19N3O2S/c1-13-2-3-15(18(22)21-4-6-23-7-5-21)9-17(13)20-11-16-8-14(10-19)12-24-16/h2-3,8-9,12,20H,4-7,11H2,1H3. The van der Waals surface area contributed by atoms with Crippen LogP contribution in [0.15, 0.2) is 29.6 Å². The molecular formula is C18H19N3O2S. The molecule has 1 aromatic heterocycles. The summed E-state index contributed by atoms with van der Waals surface area (Å²) in [4.78, 5) is 15.5. The molecule has 0 aliphatic carbocycles. The van der Waals surface area contributed by atoms with E-state index < -0.39 is 0 Å². The molecule has 3 rings (SSSR count). The molecule has 124 valence electrons. The maximum Gasteiger partial charge on any atom is 0.254 e. The lowest BCUT2D eigenvalue weighted by Gasteiger charge is -2.27. The number of ether oxygens (including phenoxy) is 1. The van der Waals surface area contributed by atoms with Crippen molar-refractivity contribution in [3.05, 3.63) is 51.2 Å². The fourth-order valence-corrected chi connectivity index (χ4v) is 3.36. The molecule has 0 atom stereocenters. The Hall–Kier alpha value is -2.36. The SMILES string of the molecule is Cc1ccc(C(=O)N2CCOCC2)cc1NCc1cc(C#N)cs1. The van der Waals surface area contributed by atoms with Crippen LogP contribution in [0.25, 0.3) is 0 Å². The minimum atomic E-state index is 0.0456. The van der Waals surface area contributed by atoms with E-state index >= 15 is 0 Å². The van der Waals surface area contributed by atoms with Crippen molar-refractivity contribution < 1.29 is 9.53 Å². The van der Waals surface area contributed by atoms with Gasteiger partial charge in [0.2, 0.25) is 0 Å². The van der Waals surface area contributed by atoms with E-state index in [-0.39, 0.29) is 5.91 Å². The van der Waals surface area contributed by atoms with Gasteiger partial charge < -0.3 is 15.0 Å². The van der Waals surface area contributed by atoms with Crippen LogP contribution in [-0.2, 0) is 11.3 Å². The first kappa shape index (κ1) is 16.5. The number of amides is 1. The summed E-state index contributed by atoms with van der Waals surface area (Å²) in [5.74, 6) is 0.0456. The van der Waals surface area contributed by atoms with Crippen molar-refractivity contribution in [1.82, 2.24) is 4.90 Å². The lowest BCUT2D eigenvalue weighted by Crippen LogP contribution is -2.40. The van der Waals surface area contributed by atoms with Crippen molar-refractivity contribution in [2.24, 2.45) is 0 Å². The monoisotopic (exact) mass is 341 g/mol. The van der Waals surface area contributed by atoms with Crippen LogP contribution in [0.3, 0.4) is 0 Å². The number of benzene rings is 1. The molecule has 2 aromatic rings. The van der Waals surface area contributed by atoms with E-state index in [1.54, 1.807) is 11.3 Å². The Bertz CT molecular complexity index is 773. The van der Waals surface area contributed by atoms with Crippen LogP contribution < -0.4 is 5.32 Å². The molecule has 0 bridgehead atoms. The zero-order valence-electron chi connectivity index (χ0n) is 13.5. The van der Waals surface area contributed by atoms with Gasteiger partial charge >= 0.3 is 0 Å². The third-order valence-corrected chi connectivity index (χ3v) is 4.96. The molecule has 1 fully saturated rings. The van der Waals surface area contributed by atoms with E-state index in [1.807, 2.05) is 41.5 Å². The zero-order valence-corrected chi connectivity index (χ0v) is 14.4. The molecule has 0 unspecified atom stereocenters. The van der Waals surface area contributed by atoms with Crippen molar-refractivity contribution in [3.8, 4) is 6.07 Å². The quantitative estimate of drug-likeness (QED) is 0.928. The highest BCUT2D eigenvalue weighted by atomic mass is 32.1. The van der Waals surface area contributed by atoms with E-state index in [0.29, 0.717) is 44.0 Å². The Morgan fingerprint density at radius 3 is 2.88 bits per heavy atom. The molecule has 0 spiro atoms. The summed E-state index contributed by atoms with van der Waals surface area (Å²) in [5, 5.41) is 14.1. The van der Waals surface area contributed by atoms with Gasteiger partial charge in [-0.15, -0.1) is 11.3 Å². The molecule has 1 aromatic carbocycles. The molecular weight excluding hydrogens is 322 g/mol. The van der Waals surface area contributed by atoms with Gasteiger partial charge in [0.25, 0.3) is 5.91 Å². The largest absolute Gasteiger partial charge is 0.380 e. The topological polar surface area (TPSA) is 65.4 Å². The first-order chi connectivity index (χ1) is 11.7. The van der Waals surface area contributed by atoms with Gasteiger partial charge in [0.1, 0.15) is 6.07 Å². The van der Waals surface area contributed by atoms with Gasteiger partial charge in [-0.25, -0.2) is 0 Å². The first-order valence-electron chi connectivity index (χ1n) is 7.86. The van der Waals surface area contributed by atoms with Crippen molar-refractivity contribution in [3.63, 3.8) is 0 Å². The molecule has 0 saturated carbocycles. The van der Waals surface area contributed by atoms with Gasteiger partial charge in [0.05, 0.1) is 18.8 Å². The summed E-state index contributed by atoms with van der Waals surface area (Å²) < 4.78 is 5.30. The molecule has 1 aliphatic rings. The summed E-state index contributed by atoms with van der Waals surface area (Å²) in [6.45, 7) is 5.14. The third kappa shape index (κ3) is 3.75. The molecule has 6 heteroatoms. The Labute approximate surface area is 145 Å². The van der Waals surface area contributed by atoms with Crippen LogP contribution in [0.2, 0.25) is 0 Å². The Morgan fingerprint density at radius 1 is 1.38 bits per heavy atom. The number of carbonyl (C=O) groups excluding carboxylic acids is 1. The molecule has 1 amide bonds. The zero-order chi connectivity index (χ0) is 16.9. The van der Waals surface area contributed by atoms with Gasteiger partial charge in [0.15, 0.2) is 0 Å². The second kappa shape index (κ2) is 7.47. The number of rotatable bonds is 4. The number of nitrogens with zero attached hydrogens (tertiary/aromatic N) is 2. The Morgan fingerprint density at radius 2 is 2.17 bits per heavy atom. The predicted octanol–water partition coefficient (Wildman–Crippen LogP) is 3.01. The molecule has 1 N–H and O–H groups in total. The highest BCUT2D eigenvalue weighted by Crippen LogP contribution is 2.21. The normalized spacial score (nSPS) is 14.2. The van der Waals surface area contributed by atoms with Gasteiger partial charge in [0, 0.05) is 41.1 Å².